The van der Waals surface area contributed by atoms with Crippen LogP contribution in [0.2, 0.25) is 0 Å². The fourth-order valence-electron chi connectivity index (χ4n) is 12.8. The zero-order valence-corrected chi connectivity index (χ0v) is 59.4. The van der Waals surface area contributed by atoms with Crippen molar-refractivity contribution in [1.82, 2.24) is 0 Å². The predicted molar refractivity (Wildman–Crippen MR) is 369 cm³/mol. The van der Waals surface area contributed by atoms with Gasteiger partial charge in [-0.2, -0.15) is 0 Å². The second kappa shape index (κ2) is 52.1. The molecular weight excluding hydrogens is 1110 g/mol. The maximum absolute atomic E-state index is 12.1. The number of rotatable bonds is 54. The van der Waals surface area contributed by atoms with Crippen LogP contribution in [0.5, 0.6) is 0 Å². The first kappa shape index (κ1) is 79.6. The van der Waals surface area contributed by atoms with E-state index in [1.54, 1.807) is 12.1 Å². The predicted octanol–water partition coefficient (Wildman–Crippen LogP) is 24.1. The van der Waals surface area contributed by atoms with E-state index < -0.39 is 20.2 Å². The first-order valence-electron chi connectivity index (χ1n) is 35.9. The third-order valence-electron chi connectivity index (χ3n) is 18.0. The molecule has 6 nitrogen and oxygen atoms in total. The van der Waals surface area contributed by atoms with E-state index in [0.717, 1.165) is 62.1 Å². The summed E-state index contributed by atoms with van der Waals surface area (Å²) < 4.78 is 72.4. The number of fused-ring (bicyclic) bond motifs is 2. The zero-order chi connectivity index (χ0) is 60.6. The summed E-state index contributed by atoms with van der Waals surface area (Å²) in [5.74, 6) is 0. The SMILES string of the molecule is CCCCCCCCCCCCCCc1cc(CCCCCCCCCCCCCC)c2cccc(S(=O)(=O)[O-])c2c1.CCCCCCCCCCCCCCc1cc(CCCCCCCCCCCCCC)c2cccc(S(=O)(=O)[O-])c2c1.[Ca+2]. The third-order valence-corrected chi connectivity index (χ3v) is 19.8. The van der Waals surface area contributed by atoms with Crippen molar-refractivity contribution in [3.63, 3.8) is 0 Å². The third kappa shape index (κ3) is 38.1. The van der Waals surface area contributed by atoms with Crippen molar-refractivity contribution in [2.75, 3.05) is 0 Å². The quantitative estimate of drug-likeness (QED) is 0.0247. The Hall–Kier alpha value is -1.52. The summed E-state index contributed by atoms with van der Waals surface area (Å²) in [5, 5.41) is 3.12. The molecule has 0 aliphatic rings. The van der Waals surface area contributed by atoms with Gasteiger partial charge in [0.05, 0.1) is 9.79 Å². The molecule has 0 bridgehead atoms. The van der Waals surface area contributed by atoms with E-state index >= 15 is 0 Å². The molecule has 4 aromatic carbocycles. The Balaban J connectivity index is 0.000000573. The van der Waals surface area contributed by atoms with E-state index in [0.29, 0.717) is 10.8 Å². The molecule has 480 valence electrons. The van der Waals surface area contributed by atoms with Crippen LogP contribution in [0, 0.1) is 0 Å². The second-order valence-electron chi connectivity index (χ2n) is 25.7. The molecule has 0 amide bonds. The van der Waals surface area contributed by atoms with Crippen LogP contribution in [0.25, 0.3) is 21.5 Å². The summed E-state index contributed by atoms with van der Waals surface area (Å²) >= 11 is 0. The molecule has 0 fully saturated rings. The Bertz CT molecular complexity index is 2300. The van der Waals surface area contributed by atoms with Crippen LogP contribution in [0.1, 0.15) is 358 Å². The van der Waals surface area contributed by atoms with E-state index in [1.165, 1.54) is 317 Å². The molecular formula is C76H126CaO6S2. The van der Waals surface area contributed by atoms with Crippen LogP contribution in [0.15, 0.2) is 70.5 Å². The summed E-state index contributed by atoms with van der Waals surface area (Å²) in [6.45, 7) is 9.09. The Labute approximate surface area is 555 Å². The van der Waals surface area contributed by atoms with Gasteiger partial charge in [-0.3, -0.25) is 0 Å². The molecule has 0 aromatic heterocycles. The maximum atomic E-state index is 12.1. The first-order chi connectivity index (χ1) is 40.9. The molecule has 0 saturated heterocycles. The van der Waals surface area contributed by atoms with E-state index in [9.17, 15) is 25.9 Å². The van der Waals surface area contributed by atoms with Gasteiger partial charge in [-0.05, 0) is 119 Å². The number of benzene rings is 4. The van der Waals surface area contributed by atoms with Gasteiger partial charge < -0.3 is 9.11 Å². The molecule has 0 radical (unpaired) electrons. The van der Waals surface area contributed by atoms with Gasteiger partial charge in [-0.15, -0.1) is 0 Å². The van der Waals surface area contributed by atoms with Crippen molar-refractivity contribution >= 4 is 79.5 Å². The van der Waals surface area contributed by atoms with Gasteiger partial charge in [0.2, 0.25) is 0 Å². The van der Waals surface area contributed by atoms with Gasteiger partial charge in [-0.25, -0.2) is 16.8 Å². The van der Waals surface area contributed by atoms with Gasteiger partial charge in [0, 0.05) is 0 Å². The Kier molecular flexibility index (Phi) is 48.8. The van der Waals surface area contributed by atoms with Gasteiger partial charge in [-0.1, -0.05) is 347 Å². The summed E-state index contributed by atoms with van der Waals surface area (Å²) in [7, 11) is -9.01. The van der Waals surface area contributed by atoms with Crippen molar-refractivity contribution < 1.29 is 25.9 Å². The Morgan fingerprint density at radius 1 is 0.259 bits per heavy atom. The average molecular weight is 1240 g/mol. The molecule has 0 saturated carbocycles. The number of aryl methyl sites for hydroxylation is 4. The second-order valence-corrected chi connectivity index (χ2v) is 28.4. The molecule has 0 heterocycles. The van der Waals surface area contributed by atoms with E-state index in [2.05, 4.69) is 39.8 Å². The zero-order valence-electron chi connectivity index (χ0n) is 55.5. The molecule has 0 aliphatic heterocycles. The molecule has 4 aromatic rings. The van der Waals surface area contributed by atoms with E-state index in [-0.39, 0.29) is 47.5 Å². The molecule has 0 spiro atoms. The van der Waals surface area contributed by atoms with Crippen LogP contribution in [-0.4, -0.2) is 63.7 Å². The molecule has 0 atom stereocenters. The monoisotopic (exact) mass is 1240 g/mol. The molecule has 0 unspecified atom stereocenters. The average Bonchev–Trinajstić information content (AvgIpc) is 3.36. The van der Waals surface area contributed by atoms with Crippen LogP contribution >= 0.6 is 0 Å². The fourth-order valence-corrected chi connectivity index (χ4v) is 14.2. The Morgan fingerprint density at radius 3 is 0.671 bits per heavy atom. The van der Waals surface area contributed by atoms with Crippen molar-refractivity contribution in [2.45, 2.75) is 371 Å². The van der Waals surface area contributed by atoms with E-state index in [1.807, 2.05) is 24.3 Å². The molecule has 0 N–H and O–H groups in total. The molecule has 9 heteroatoms. The Morgan fingerprint density at radius 2 is 0.459 bits per heavy atom. The van der Waals surface area contributed by atoms with Crippen molar-refractivity contribution in [1.29, 1.82) is 0 Å². The first-order valence-corrected chi connectivity index (χ1v) is 38.8. The van der Waals surface area contributed by atoms with E-state index in [4.69, 9.17) is 0 Å². The van der Waals surface area contributed by atoms with Gasteiger partial charge in [0.25, 0.3) is 0 Å². The van der Waals surface area contributed by atoms with Crippen LogP contribution in [0.3, 0.4) is 0 Å². The number of hydrogen-bond acceptors (Lipinski definition) is 6. The largest absolute Gasteiger partial charge is 2.00 e. The van der Waals surface area contributed by atoms with Gasteiger partial charge in [0.1, 0.15) is 20.2 Å². The normalized spacial score (nSPS) is 11.8. The smallest absolute Gasteiger partial charge is 0.744 e. The fraction of sp³-hybridized carbons (Fsp3) is 0.737. The molecule has 85 heavy (non-hydrogen) atoms. The van der Waals surface area contributed by atoms with Crippen molar-refractivity contribution in [3.05, 3.63) is 82.9 Å². The van der Waals surface area contributed by atoms with Crippen LogP contribution in [0.4, 0.5) is 0 Å². The standard InChI is InChI=1S/2C38H64O3S.Ca/c2*1-3-5-7-9-11-13-15-17-19-21-23-25-28-34-32-35(36-30-27-31-38(37(36)33-34)42(39,40)41)29-26-24-22-20-18-16-14-12-10-8-6-4-2;/h2*27,30-33H,3-26,28-29H2,1-2H3,(H,39,40,41);/q;;+2/p-2. The summed E-state index contributed by atoms with van der Waals surface area (Å²) in [5.41, 5.74) is 4.78. The topological polar surface area (TPSA) is 114 Å². The maximum Gasteiger partial charge on any atom is 2.00 e. The molecule has 4 rings (SSSR count). The van der Waals surface area contributed by atoms with Gasteiger partial charge >= 0.3 is 37.7 Å². The van der Waals surface area contributed by atoms with Crippen molar-refractivity contribution in [3.8, 4) is 0 Å². The van der Waals surface area contributed by atoms with Crippen molar-refractivity contribution in [2.24, 2.45) is 0 Å². The number of hydrogen-bond donors (Lipinski definition) is 0. The van der Waals surface area contributed by atoms with Crippen LogP contribution in [-0.2, 0) is 45.9 Å². The molecule has 0 aliphatic carbocycles. The minimum atomic E-state index is -4.51. The number of unbranched alkanes of at least 4 members (excludes halogenated alkanes) is 44. The summed E-state index contributed by atoms with van der Waals surface area (Å²) in [6, 6.07) is 18.9. The summed E-state index contributed by atoms with van der Waals surface area (Å²) in [6.07, 6.45) is 67.4. The minimum Gasteiger partial charge on any atom is -0.744 e. The van der Waals surface area contributed by atoms with Crippen LogP contribution < -0.4 is 0 Å². The minimum absolute atomic E-state index is 0. The van der Waals surface area contributed by atoms with Gasteiger partial charge in [0.15, 0.2) is 0 Å². The summed E-state index contributed by atoms with van der Waals surface area (Å²) in [4.78, 5) is -0.125.